The van der Waals surface area contributed by atoms with Crippen molar-refractivity contribution in [3.8, 4) is 0 Å². The lowest BCUT2D eigenvalue weighted by Gasteiger charge is -2.24. The van der Waals surface area contributed by atoms with Crippen molar-refractivity contribution in [2.75, 3.05) is 0 Å². The average Bonchev–Trinajstić information content (AvgIpc) is 2.74. The van der Waals surface area contributed by atoms with E-state index in [-0.39, 0.29) is 16.3 Å². The SMILES string of the molecule is Cc1noc(C)c1S(=O)(=O)NC(C)C(=O)N[C@H]1CCCCC[C@H]1C(=O)O. The maximum atomic E-state index is 12.5. The Balaban J connectivity index is 2.08. The molecule has 9 nitrogen and oxygen atoms in total. The lowest BCUT2D eigenvalue weighted by Crippen LogP contribution is -2.51. The molecule has 2 rings (SSSR count). The molecule has 1 amide bonds. The van der Waals surface area contributed by atoms with Crippen LogP contribution in [0.25, 0.3) is 0 Å². The molecule has 0 spiro atoms. The van der Waals surface area contributed by atoms with E-state index in [9.17, 15) is 23.1 Å². The van der Waals surface area contributed by atoms with Crippen LogP contribution < -0.4 is 10.0 Å². The third-order valence-electron chi connectivity index (χ3n) is 4.62. The topological polar surface area (TPSA) is 139 Å². The van der Waals surface area contributed by atoms with Crippen molar-refractivity contribution in [1.82, 2.24) is 15.2 Å². The molecule has 3 atom stereocenters. The molecule has 1 saturated carbocycles. The number of carbonyl (C=O) groups excluding carboxylic acids is 1. The van der Waals surface area contributed by atoms with E-state index in [4.69, 9.17) is 4.52 Å². The molecule has 1 aliphatic carbocycles. The first-order valence-corrected chi connectivity index (χ1v) is 10.1. The Morgan fingerprint density at radius 2 is 1.88 bits per heavy atom. The van der Waals surface area contributed by atoms with E-state index in [0.717, 1.165) is 19.3 Å². The maximum Gasteiger partial charge on any atom is 0.308 e. The van der Waals surface area contributed by atoms with Gasteiger partial charge in [-0.25, -0.2) is 8.42 Å². The van der Waals surface area contributed by atoms with Gasteiger partial charge in [-0.1, -0.05) is 24.4 Å². The van der Waals surface area contributed by atoms with Crippen molar-refractivity contribution in [2.24, 2.45) is 5.92 Å². The fraction of sp³-hybridized carbons (Fsp3) is 0.688. The number of carboxylic acids is 1. The number of sulfonamides is 1. The summed E-state index contributed by atoms with van der Waals surface area (Å²) in [6.45, 7) is 4.39. The zero-order valence-electron chi connectivity index (χ0n) is 15.1. The van der Waals surface area contributed by atoms with E-state index < -0.39 is 39.9 Å². The monoisotopic (exact) mass is 387 g/mol. The van der Waals surface area contributed by atoms with Crippen LogP contribution in [0.3, 0.4) is 0 Å². The summed E-state index contributed by atoms with van der Waals surface area (Å²) in [5.74, 6) is -2.02. The van der Waals surface area contributed by atoms with Crippen molar-refractivity contribution in [3.05, 3.63) is 11.5 Å². The number of aliphatic carboxylic acids is 1. The van der Waals surface area contributed by atoms with Gasteiger partial charge in [0, 0.05) is 6.04 Å². The van der Waals surface area contributed by atoms with Gasteiger partial charge in [-0.2, -0.15) is 4.72 Å². The highest BCUT2D eigenvalue weighted by Gasteiger charge is 2.33. The van der Waals surface area contributed by atoms with Crippen LogP contribution in [0.2, 0.25) is 0 Å². The molecule has 0 aliphatic heterocycles. The van der Waals surface area contributed by atoms with Crippen LogP contribution in [-0.2, 0) is 19.6 Å². The minimum absolute atomic E-state index is 0.0879. The van der Waals surface area contributed by atoms with Crippen LogP contribution in [-0.4, -0.2) is 42.6 Å². The van der Waals surface area contributed by atoms with Gasteiger partial charge in [0.05, 0.1) is 12.0 Å². The molecule has 0 bridgehead atoms. The highest BCUT2D eigenvalue weighted by atomic mass is 32.2. The number of hydrogen-bond acceptors (Lipinski definition) is 6. The molecule has 1 unspecified atom stereocenters. The average molecular weight is 387 g/mol. The highest BCUT2D eigenvalue weighted by Crippen LogP contribution is 2.24. The van der Waals surface area contributed by atoms with Gasteiger partial charge in [0.15, 0.2) is 5.76 Å². The van der Waals surface area contributed by atoms with Gasteiger partial charge in [-0.05, 0) is 33.6 Å². The summed E-state index contributed by atoms with van der Waals surface area (Å²) in [5.41, 5.74) is 0.206. The summed E-state index contributed by atoms with van der Waals surface area (Å²) in [7, 11) is -3.98. The first-order valence-electron chi connectivity index (χ1n) is 8.62. The van der Waals surface area contributed by atoms with Crippen LogP contribution in [0.15, 0.2) is 9.42 Å². The van der Waals surface area contributed by atoms with Gasteiger partial charge in [-0.15, -0.1) is 0 Å². The lowest BCUT2D eigenvalue weighted by molar-refractivity contribution is -0.143. The molecule has 26 heavy (non-hydrogen) atoms. The molecule has 1 heterocycles. The van der Waals surface area contributed by atoms with E-state index in [0.29, 0.717) is 12.8 Å². The third-order valence-corrected chi connectivity index (χ3v) is 6.41. The minimum Gasteiger partial charge on any atom is -0.481 e. The first-order chi connectivity index (χ1) is 12.1. The van der Waals surface area contributed by atoms with E-state index in [1.165, 1.54) is 20.8 Å². The standard InChI is InChI=1S/C16H25N3O6S/c1-9-14(11(3)25-18-9)26(23,24)19-10(2)15(20)17-13-8-6-4-5-7-12(13)16(21)22/h10,12-13,19H,4-8H2,1-3H3,(H,17,20)(H,21,22)/t10?,12-,13+/m1/s1. The highest BCUT2D eigenvalue weighted by molar-refractivity contribution is 7.89. The molecular formula is C16H25N3O6S. The van der Waals surface area contributed by atoms with Crippen molar-refractivity contribution in [1.29, 1.82) is 0 Å². The molecule has 3 N–H and O–H groups in total. The summed E-state index contributed by atoms with van der Waals surface area (Å²) in [6, 6.07) is -1.57. The summed E-state index contributed by atoms with van der Waals surface area (Å²) in [6.07, 6.45) is 3.61. The molecule has 0 saturated heterocycles. The smallest absolute Gasteiger partial charge is 0.308 e. The minimum atomic E-state index is -3.98. The quantitative estimate of drug-likeness (QED) is 0.621. The number of amides is 1. The maximum absolute atomic E-state index is 12.5. The summed E-state index contributed by atoms with van der Waals surface area (Å²) >= 11 is 0. The fourth-order valence-corrected chi connectivity index (χ4v) is 4.82. The lowest BCUT2D eigenvalue weighted by atomic mass is 9.94. The second-order valence-corrected chi connectivity index (χ2v) is 8.34. The summed E-state index contributed by atoms with van der Waals surface area (Å²) in [5, 5.41) is 15.7. The largest absolute Gasteiger partial charge is 0.481 e. The molecule has 0 radical (unpaired) electrons. The number of nitrogens with zero attached hydrogens (tertiary/aromatic N) is 1. The van der Waals surface area contributed by atoms with Crippen LogP contribution in [0.1, 0.15) is 50.5 Å². The van der Waals surface area contributed by atoms with Crippen LogP contribution >= 0.6 is 0 Å². The second kappa shape index (κ2) is 8.17. The molecule has 1 aromatic rings. The fourth-order valence-electron chi connectivity index (χ4n) is 3.29. The molecule has 10 heteroatoms. The molecule has 1 fully saturated rings. The van der Waals surface area contributed by atoms with Gasteiger partial charge < -0.3 is 14.9 Å². The van der Waals surface area contributed by atoms with Gasteiger partial charge in [0.2, 0.25) is 15.9 Å². The van der Waals surface area contributed by atoms with Crippen LogP contribution in [0.4, 0.5) is 0 Å². The van der Waals surface area contributed by atoms with Crippen LogP contribution in [0.5, 0.6) is 0 Å². The van der Waals surface area contributed by atoms with E-state index in [2.05, 4.69) is 15.2 Å². The van der Waals surface area contributed by atoms with Crippen molar-refractivity contribution in [3.63, 3.8) is 0 Å². The predicted molar refractivity (Wildman–Crippen MR) is 91.9 cm³/mol. The van der Waals surface area contributed by atoms with Crippen molar-refractivity contribution in [2.45, 2.75) is 69.9 Å². The Morgan fingerprint density at radius 1 is 1.23 bits per heavy atom. The van der Waals surface area contributed by atoms with Gasteiger partial charge >= 0.3 is 5.97 Å². The van der Waals surface area contributed by atoms with Crippen molar-refractivity contribution < 1.29 is 27.6 Å². The van der Waals surface area contributed by atoms with Gasteiger partial charge in [0.1, 0.15) is 10.6 Å². The third kappa shape index (κ3) is 4.61. The van der Waals surface area contributed by atoms with E-state index >= 15 is 0 Å². The zero-order valence-corrected chi connectivity index (χ0v) is 15.9. The Hall–Kier alpha value is -1.94. The Labute approximate surface area is 152 Å². The van der Waals surface area contributed by atoms with Crippen LogP contribution in [0, 0.1) is 19.8 Å². The van der Waals surface area contributed by atoms with Crippen molar-refractivity contribution >= 4 is 21.9 Å². The molecular weight excluding hydrogens is 362 g/mol. The summed E-state index contributed by atoms with van der Waals surface area (Å²) in [4.78, 5) is 23.8. The molecule has 1 aliphatic rings. The molecule has 0 aromatic carbocycles. The Kier molecular flexibility index (Phi) is 6.40. The Morgan fingerprint density at radius 3 is 2.46 bits per heavy atom. The number of rotatable bonds is 6. The van der Waals surface area contributed by atoms with E-state index in [1.807, 2.05) is 0 Å². The van der Waals surface area contributed by atoms with E-state index in [1.54, 1.807) is 0 Å². The number of carbonyl (C=O) groups is 2. The first kappa shape index (κ1) is 20.4. The van der Waals surface area contributed by atoms with Gasteiger partial charge in [-0.3, -0.25) is 9.59 Å². The second-order valence-electron chi connectivity index (χ2n) is 6.69. The number of nitrogens with one attached hydrogen (secondary N) is 2. The normalized spacial score (nSPS) is 22.4. The molecule has 1 aromatic heterocycles. The number of aryl methyl sites for hydroxylation is 2. The zero-order chi connectivity index (χ0) is 19.5. The number of carboxylic acid groups (broad SMARTS) is 1. The number of aromatic nitrogens is 1. The molecule has 146 valence electrons. The summed E-state index contributed by atoms with van der Waals surface area (Å²) < 4.78 is 32.1. The number of hydrogen-bond donors (Lipinski definition) is 3. The predicted octanol–water partition coefficient (Wildman–Crippen LogP) is 1.11. The van der Waals surface area contributed by atoms with Gasteiger partial charge in [0.25, 0.3) is 0 Å². The Bertz CT molecular complexity index is 753.